The van der Waals surface area contributed by atoms with Gasteiger partial charge in [-0.3, -0.25) is 4.79 Å². The van der Waals surface area contributed by atoms with Crippen LogP contribution in [0.2, 0.25) is 5.02 Å². The highest BCUT2D eigenvalue weighted by atomic mass is 35.5. The standard InChI is InChI=1S/C17H18ClNO3S2/c1-11-9-15(12(2)24-11)17(21)22-10-16(20)19-7-8-23-14-5-3-13(18)4-6-14/h3-6,9H,7-8,10H2,1-2H3,(H,19,20). The van der Waals surface area contributed by atoms with Crippen molar-refractivity contribution in [3.63, 3.8) is 0 Å². The summed E-state index contributed by atoms with van der Waals surface area (Å²) in [6, 6.07) is 9.30. The van der Waals surface area contributed by atoms with Crippen molar-refractivity contribution >= 4 is 46.6 Å². The van der Waals surface area contributed by atoms with Gasteiger partial charge in [0.05, 0.1) is 5.56 Å². The zero-order chi connectivity index (χ0) is 17.5. The van der Waals surface area contributed by atoms with Gasteiger partial charge in [0.15, 0.2) is 6.61 Å². The molecule has 0 spiro atoms. The van der Waals surface area contributed by atoms with Crippen LogP contribution in [0.4, 0.5) is 0 Å². The van der Waals surface area contributed by atoms with Gasteiger partial charge in [-0.25, -0.2) is 4.79 Å². The van der Waals surface area contributed by atoms with Crippen LogP contribution >= 0.6 is 34.7 Å². The van der Waals surface area contributed by atoms with Gasteiger partial charge < -0.3 is 10.1 Å². The third-order valence-electron chi connectivity index (χ3n) is 3.10. The van der Waals surface area contributed by atoms with Crippen LogP contribution < -0.4 is 5.32 Å². The van der Waals surface area contributed by atoms with Crippen molar-refractivity contribution in [2.24, 2.45) is 0 Å². The molecule has 1 amide bonds. The molecule has 2 aromatic rings. The van der Waals surface area contributed by atoms with Gasteiger partial charge in [-0.05, 0) is 44.2 Å². The number of hydrogen-bond acceptors (Lipinski definition) is 5. The van der Waals surface area contributed by atoms with Crippen LogP contribution in [0.1, 0.15) is 20.1 Å². The molecule has 24 heavy (non-hydrogen) atoms. The molecular formula is C17H18ClNO3S2. The molecule has 1 N–H and O–H groups in total. The number of carbonyl (C=O) groups excluding carboxylic acids is 2. The zero-order valence-electron chi connectivity index (χ0n) is 13.4. The molecule has 1 aromatic heterocycles. The maximum atomic E-state index is 11.9. The van der Waals surface area contributed by atoms with Gasteiger partial charge in [-0.15, -0.1) is 23.1 Å². The van der Waals surface area contributed by atoms with E-state index < -0.39 is 5.97 Å². The van der Waals surface area contributed by atoms with Gasteiger partial charge in [0.1, 0.15) is 0 Å². The van der Waals surface area contributed by atoms with Gasteiger partial charge in [-0.1, -0.05) is 11.6 Å². The molecule has 0 atom stereocenters. The minimum atomic E-state index is -0.456. The molecule has 0 fully saturated rings. The second-order valence-corrected chi connectivity index (χ2v) is 8.12. The van der Waals surface area contributed by atoms with Crippen molar-refractivity contribution in [1.29, 1.82) is 0 Å². The number of benzene rings is 1. The average molecular weight is 384 g/mol. The van der Waals surface area contributed by atoms with Gasteiger partial charge in [-0.2, -0.15) is 0 Å². The van der Waals surface area contributed by atoms with Crippen molar-refractivity contribution in [2.75, 3.05) is 18.9 Å². The number of esters is 1. The van der Waals surface area contributed by atoms with E-state index in [1.165, 1.54) is 11.3 Å². The molecule has 7 heteroatoms. The maximum Gasteiger partial charge on any atom is 0.339 e. The number of hydrogen-bond donors (Lipinski definition) is 1. The molecule has 0 bridgehead atoms. The van der Waals surface area contributed by atoms with Crippen molar-refractivity contribution in [3.05, 3.63) is 50.7 Å². The molecule has 0 aliphatic carbocycles. The van der Waals surface area contributed by atoms with E-state index in [2.05, 4.69) is 5.32 Å². The summed E-state index contributed by atoms with van der Waals surface area (Å²) >= 11 is 8.98. The first kappa shape index (κ1) is 18.8. The highest BCUT2D eigenvalue weighted by Crippen LogP contribution is 2.21. The zero-order valence-corrected chi connectivity index (χ0v) is 15.8. The van der Waals surface area contributed by atoms with E-state index >= 15 is 0 Å². The van der Waals surface area contributed by atoms with E-state index in [1.54, 1.807) is 17.8 Å². The number of rotatable bonds is 7. The summed E-state index contributed by atoms with van der Waals surface area (Å²) in [5, 5.41) is 3.43. The fourth-order valence-corrected chi connectivity index (χ4v) is 3.79. The summed E-state index contributed by atoms with van der Waals surface area (Å²) < 4.78 is 5.05. The molecule has 0 saturated carbocycles. The Morgan fingerprint density at radius 3 is 2.58 bits per heavy atom. The minimum Gasteiger partial charge on any atom is -0.452 e. The van der Waals surface area contributed by atoms with E-state index in [4.69, 9.17) is 16.3 Å². The third kappa shape index (κ3) is 5.85. The summed E-state index contributed by atoms with van der Waals surface area (Å²) in [5.41, 5.74) is 0.531. The molecule has 0 saturated heterocycles. The van der Waals surface area contributed by atoms with Crippen LogP contribution in [-0.4, -0.2) is 30.8 Å². The quantitative estimate of drug-likeness (QED) is 0.444. The smallest absolute Gasteiger partial charge is 0.339 e. The van der Waals surface area contributed by atoms with Crippen LogP contribution in [0.15, 0.2) is 35.2 Å². The summed E-state index contributed by atoms with van der Waals surface area (Å²) in [6.07, 6.45) is 0. The van der Waals surface area contributed by atoms with E-state index in [0.717, 1.165) is 20.4 Å². The molecule has 2 rings (SSSR count). The van der Waals surface area contributed by atoms with Crippen LogP contribution in [0, 0.1) is 13.8 Å². The Kier molecular flexibility index (Phi) is 7.15. The molecular weight excluding hydrogens is 366 g/mol. The fourth-order valence-electron chi connectivity index (χ4n) is 1.98. The number of ether oxygens (including phenoxy) is 1. The van der Waals surface area contributed by atoms with Gasteiger partial charge in [0.2, 0.25) is 0 Å². The summed E-state index contributed by atoms with van der Waals surface area (Å²) in [5.74, 6) is -0.0309. The number of carbonyl (C=O) groups is 2. The SMILES string of the molecule is Cc1cc(C(=O)OCC(=O)NCCSc2ccc(Cl)cc2)c(C)s1. The van der Waals surface area contributed by atoms with Gasteiger partial charge >= 0.3 is 5.97 Å². The Balaban J connectivity index is 1.65. The molecule has 0 radical (unpaired) electrons. The number of amides is 1. The molecule has 0 unspecified atom stereocenters. The van der Waals surface area contributed by atoms with Crippen molar-refractivity contribution in [1.82, 2.24) is 5.32 Å². The molecule has 128 valence electrons. The van der Waals surface area contributed by atoms with Crippen LogP contribution in [0.25, 0.3) is 0 Å². The topological polar surface area (TPSA) is 55.4 Å². The normalized spacial score (nSPS) is 10.5. The fraction of sp³-hybridized carbons (Fsp3) is 0.294. The number of aryl methyl sites for hydroxylation is 2. The number of thioether (sulfide) groups is 1. The lowest BCUT2D eigenvalue weighted by molar-refractivity contribution is -0.124. The van der Waals surface area contributed by atoms with E-state index in [-0.39, 0.29) is 12.5 Å². The van der Waals surface area contributed by atoms with Crippen molar-refractivity contribution in [3.8, 4) is 0 Å². The highest BCUT2D eigenvalue weighted by molar-refractivity contribution is 7.99. The van der Waals surface area contributed by atoms with Gasteiger partial charge in [0, 0.05) is 32.0 Å². The summed E-state index contributed by atoms with van der Waals surface area (Å²) in [4.78, 5) is 26.7. The van der Waals surface area contributed by atoms with Crippen molar-refractivity contribution in [2.45, 2.75) is 18.7 Å². The molecule has 1 heterocycles. The lowest BCUT2D eigenvalue weighted by atomic mass is 10.2. The Morgan fingerprint density at radius 2 is 1.96 bits per heavy atom. The van der Waals surface area contributed by atoms with E-state index in [1.807, 2.05) is 38.1 Å². The number of halogens is 1. The van der Waals surface area contributed by atoms with Crippen LogP contribution in [0.3, 0.4) is 0 Å². The first-order chi connectivity index (χ1) is 11.5. The maximum absolute atomic E-state index is 11.9. The van der Waals surface area contributed by atoms with Crippen molar-refractivity contribution < 1.29 is 14.3 Å². The summed E-state index contributed by atoms with van der Waals surface area (Å²) in [7, 11) is 0. The average Bonchev–Trinajstić information content (AvgIpc) is 2.89. The Morgan fingerprint density at radius 1 is 1.25 bits per heavy atom. The monoisotopic (exact) mass is 383 g/mol. The summed E-state index contributed by atoms with van der Waals surface area (Å²) in [6.45, 7) is 4.03. The Labute approximate surface area is 154 Å². The van der Waals surface area contributed by atoms with E-state index in [0.29, 0.717) is 17.1 Å². The Bertz CT molecular complexity index is 713. The first-order valence-corrected chi connectivity index (χ1v) is 9.53. The lowest BCUT2D eigenvalue weighted by Crippen LogP contribution is -2.30. The molecule has 1 aromatic carbocycles. The Hall–Kier alpha value is -1.50. The largest absolute Gasteiger partial charge is 0.452 e. The van der Waals surface area contributed by atoms with Crippen LogP contribution in [0.5, 0.6) is 0 Å². The predicted octanol–water partition coefficient (Wildman–Crippen LogP) is 4.08. The highest BCUT2D eigenvalue weighted by Gasteiger charge is 2.14. The second-order valence-electron chi connectivity index (χ2n) is 5.06. The number of thiophene rings is 1. The molecule has 0 aliphatic rings. The minimum absolute atomic E-state index is 0.265. The molecule has 4 nitrogen and oxygen atoms in total. The van der Waals surface area contributed by atoms with Crippen LogP contribution in [-0.2, 0) is 9.53 Å². The second kappa shape index (κ2) is 9.11. The number of nitrogens with one attached hydrogen (secondary N) is 1. The van der Waals surface area contributed by atoms with Gasteiger partial charge in [0.25, 0.3) is 5.91 Å². The molecule has 0 aliphatic heterocycles. The van der Waals surface area contributed by atoms with E-state index in [9.17, 15) is 9.59 Å². The third-order valence-corrected chi connectivity index (χ3v) is 5.33. The predicted molar refractivity (Wildman–Crippen MR) is 99.3 cm³/mol. The lowest BCUT2D eigenvalue weighted by Gasteiger charge is -2.06. The first-order valence-electron chi connectivity index (χ1n) is 7.35.